The molecule has 3 saturated carbocycles. The molecule has 7 nitrogen and oxygen atoms in total. The Labute approximate surface area is 215 Å². The number of carbonyl (C=O) groups excluding carboxylic acids is 1. The van der Waals surface area contributed by atoms with Gasteiger partial charge in [0.1, 0.15) is 11.6 Å². The molecule has 0 unspecified atom stereocenters. The fourth-order valence-corrected chi connectivity index (χ4v) is 7.97. The van der Waals surface area contributed by atoms with Crippen LogP contribution in [0.2, 0.25) is 0 Å². The number of amides is 1. The van der Waals surface area contributed by atoms with Crippen LogP contribution in [0, 0.1) is 46.8 Å². The van der Waals surface area contributed by atoms with Gasteiger partial charge in [0.2, 0.25) is 0 Å². The smallest absolute Gasteiger partial charge is 0.326 e. The number of carbonyl (C=O) groups is 2. The van der Waals surface area contributed by atoms with Gasteiger partial charge in [-0.3, -0.25) is 4.79 Å². The summed E-state index contributed by atoms with van der Waals surface area (Å²) in [6.07, 6.45) is 16.3. The fourth-order valence-electron chi connectivity index (χ4n) is 7.97. The third-order valence-electron chi connectivity index (χ3n) is 10.5. The number of fused-ring (bicyclic) bond motifs is 5. The van der Waals surface area contributed by atoms with E-state index in [1.54, 1.807) is 6.92 Å². The van der Waals surface area contributed by atoms with Crippen molar-refractivity contribution in [2.45, 2.75) is 97.1 Å². The molecule has 198 valence electrons. The Balaban J connectivity index is 1.40. The van der Waals surface area contributed by atoms with Crippen molar-refractivity contribution < 1.29 is 24.6 Å². The number of nitrogens with one attached hydrogen (secondary N) is 1. The van der Waals surface area contributed by atoms with Crippen molar-refractivity contribution in [3.8, 4) is 12.3 Å². The zero-order valence-electron chi connectivity index (χ0n) is 22.2. The second-order valence-electron chi connectivity index (χ2n) is 12.1. The summed E-state index contributed by atoms with van der Waals surface area (Å²) in [6, 6.07) is -0.930. The average molecular weight is 499 g/mol. The van der Waals surface area contributed by atoms with E-state index in [0.717, 1.165) is 50.7 Å². The summed E-state index contributed by atoms with van der Waals surface area (Å²) in [4.78, 5) is 29.0. The highest BCUT2D eigenvalue weighted by molar-refractivity contribution is 5.96. The number of carboxylic acids is 1. The van der Waals surface area contributed by atoms with E-state index >= 15 is 0 Å². The molecule has 3 N–H and O–H groups in total. The minimum Gasteiger partial charge on any atom is -0.480 e. The minimum atomic E-state index is -1.04. The highest BCUT2D eigenvalue weighted by Gasteiger charge is 2.63. The largest absolute Gasteiger partial charge is 0.480 e. The molecule has 0 spiro atoms. The summed E-state index contributed by atoms with van der Waals surface area (Å²) < 4.78 is 0. The molecular formula is C29H42N2O5. The molecule has 0 bridgehead atoms. The fraction of sp³-hybridized carbons (Fsp3) is 0.759. The standard InChI is InChI=1S/C29H42N2O5/c1-6-18(3)25(26(33)34)30-24(32)17-36-31-20-10-13-27(4)19(16-20)8-9-21-22(27)11-14-28(5)23(21)12-15-29(28,35)7-2/h2,16,18,21-23,25,35H,6,8-15,17H2,1,3-5H3,(H,30,32)(H,33,34)/t18-,21+,22-,23-,25-,27-,28-,29+/m0/s1. The molecule has 0 aromatic carbocycles. The lowest BCUT2D eigenvalue weighted by molar-refractivity contribution is -0.144. The van der Waals surface area contributed by atoms with Crippen LogP contribution in [0.4, 0.5) is 0 Å². The molecule has 3 fully saturated rings. The van der Waals surface area contributed by atoms with E-state index in [1.165, 1.54) is 5.57 Å². The zero-order valence-corrected chi connectivity index (χ0v) is 22.2. The van der Waals surface area contributed by atoms with Crippen molar-refractivity contribution in [3.63, 3.8) is 0 Å². The molecule has 4 rings (SSSR count). The van der Waals surface area contributed by atoms with Crippen molar-refractivity contribution in [2.24, 2.45) is 39.7 Å². The van der Waals surface area contributed by atoms with Crippen LogP contribution >= 0.6 is 0 Å². The molecule has 36 heavy (non-hydrogen) atoms. The number of hydrogen-bond acceptors (Lipinski definition) is 5. The van der Waals surface area contributed by atoms with Crippen LogP contribution < -0.4 is 5.32 Å². The number of carboxylic acid groups (broad SMARTS) is 1. The molecule has 0 saturated heterocycles. The van der Waals surface area contributed by atoms with Crippen LogP contribution in [-0.2, 0) is 14.4 Å². The molecule has 7 heteroatoms. The second kappa shape index (κ2) is 9.85. The maximum absolute atomic E-state index is 12.2. The van der Waals surface area contributed by atoms with E-state index in [0.29, 0.717) is 30.6 Å². The van der Waals surface area contributed by atoms with Crippen molar-refractivity contribution >= 4 is 17.6 Å². The number of hydrogen-bond donors (Lipinski definition) is 3. The summed E-state index contributed by atoms with van der Waals surface area (Å²) in [5.41, 5.74) is 1.20. The lowest BCUT2D eigenvalue weighted by atomic mass is 9.46. The maximum Gasteiger partial charge on any atom is 0.326 e. The van der Waals surface area contributed by atoms with Crippen LogP contribution in [0.5, 0.6) is 0 Å². The molecule has 1 amide bonds. The van der Waals surface area contributed by atoms with Gasteiger partial charge in [-0.25, -0.2) is 4.79 Å². The third kappa shape index (κ3) is 4.36. The first-order valence-corrected chi connectivity index (χ1v) is 13.6. The van der Waals surface area contributed by atoms with Crippen LogP contribution in [0.3, 0.4) is 0 Å². The van der Waals surface area contributed by atoms with E-state index in [-0.39, 0.29) is 23.4 Å². The van der Waals surface area contributed by atoms with Gasteiger partial charge in [-0.15, -0.1) is 6.42 Å². The normalized spacial score (nSPS) is 40.1. The lowest BCUT2D eigenvalue weighted by Crippen LogP contribution is -2.54. The first-order chi connectivity index (χ1) is 17.0. The topological polar surface area (TPSA) is 108 Å². The summed E-state index contributed by atoms with van der Waals surface area (Å²) >= 11 is 0. The predicted molar refractivity (Wildman–Crippen MR) is 138 cm³/mol. The Morgan fingerprint density at radius 2 is 1.94 bits per heavy atom. The Kier molecular flexibility index (Phi) is 7.31. The number of oxime groups is 1. The van der Waals surface area contributed by atoms with E-state index in [2.05, 4.69) is 36.3 Å². The number of aliphatic hydroxyl groups is 1. The number of allylic oxidation sites excluding steroid dienone is 2. The van der Waals surface area contributed by atoms with E-state index in [4.69, 9.17) is 11.3 Å². The summed E-state index contributed by atoms with van der Waals surface area (Å²) in [7, 11) is 0. The van der Waals surface area contributed by atoms with Gasteiger partial charge in [-0.05, 0) is 86.5 Å². The minimum absolute atomic E-state index is 0.114. The SMILES string of the molecule is C#C[C@@]1(O)CC[C@H]2[C@@H]3CCC4=CC(=NOCC(=O)N[C@H](C(=O)O)[C@@H](C)CC)CC[C@]4(C)[C@H]3CC[C@@]21C. The first kappa shape index (κ1) is 26.7. The van der Waals surface area contributed by atoms with Crippen LogP contribution in [0.25, 0.3) is 0 Å². The second-order valence-corrected chi connectivity index (χ2v) is 12.1. The zero-order chi connectivity index (χ0) is 26.3. The van der Waals surface area contributed by atoms with Gasteiger partial charge < -0.3 is 20.4 Å². The van der Waals surface area contributed by atoms with Crippen molar-refractivity contribution in [3.05, 3.63) is 11.6 Å². The molecule has 0 radical (unpaired) electrons. The van der Waals surface area contributed by atoms with E-state index in [1.807, 2.05) is 6.92 Å². The Morgan fingerprint density at radius 1 is 1.22 bits per heavy atom. The lowest BCUT2D eigenvalue weighted by Gasteiger charge is -2.58. The highest BCUT2D eigenvalue weighted by Crippen LogP contribution is 2.67. The molecule has 4 aliphatic carbocycles. The number of terminal acetylenes is 1. The monoisotopic (exact) mass is 498 g/mol. The van der Waals surface area contributed by atoms with Crippen LogP contribution in [0.1, 0.15) is 85.5 Å². The molecular weight excluding hydrogens is 456 g/mol. The van der Waals surface area contributed by atoms with Gasteiger partial charge in [-0.2, -0.15) is 0 Å². The van der Waals surface area contributed by atoms with Crippen molar-refractivity contribution in [1.82, 2.24) is 5.32 Å². The van der Waals surface area contributed by atoms with Gasteiger partial charge >= 0.3 is 5.97 Å². The van der Waals surface area contributed by atoms with Gasteiger partial charge in [-0.1, -0.05) is 50.8 Å². The Bertz CT molecular complexity index is 998. The molecule has 0 aliphatic heterocycles. The molecule has 0 aromatic rings. The van der Waals surface area contributed by atoms with Crippen molar-refractivity contribution in [2.75, 3.05) is 6.61 Å². The first-order valence-electron chi connectivity index (χ1n) is 13.6. The van der Waals surface area contributed by atoms with Crippen LogP contribution in [-0.4, -0.2) is 46.1 Å². The molecule has 0 heterocycles. The van der Waals surface area contributed by atoms with Crippen molar-refractivity contribution in [1.29, 1.82) is 0 Å². The highest BCUT2D eigenvalue weighted by atomic mass is 16.6. The quantitative estimate of drug-likeness (QED) is 0.358. The van der Waals surface area contributed by atoms with Gasteiger partial charge in [0, 0.05) is 5.41 Å². The summed E-state index contributed by atoms with van der Waals surface area (Å²) in [5.74, 6) is 2.70. The van der Waals surface area contributed by atoms with Gasteiger partial charge in [0.05, 0.1) is 5.71 Å². The molecule has 4 aliphatic rings. The number of aliphatic carboxylic acids is 1. The average Bonchev–Trinajstić information content (AvgIpc) is 3.13. The summed E-state index contributed by atoms with van der Waals surface area (Å²) in [6.45, 7) is 8.01. The van der Waals surface area contributed by atoms with E-state index in [9.17, 15) is 19.8 Å². The molecule has 0 aromatic heterocycles. The summed E-state index contributed by atoms with van der Waals surface area (Å²) in [5, 5.41) is 27.3. The van der Waals surface area contributed by atoms with Gasteiger partial charge in [0.25, 0.3) is 5.91 Å². The maximum atomic E-state index is 12.2. The Hall–Kier alpha value is -2.33. The molecule has 8 atom stereocenters. The number of nitrogens with zero attached hydrogens (tertiary/aromatic N) is 1. The van der Waals surface area contributed by atoms with Crippen LogP contribution in [0.15, 0.2) is 16.8 Å². The number of rotatable bonds is 7. The third-order valence-corrected chi connectivity index (χ3v) is 10.5. The van der Waals surface area contributed by atoms with Gasteiger partial charge in [0.15, 0.2) is 6.61 Å². The Morgan fingerprint density at radius 3 is 2.61 bits per heavy atom. The predicted octanol–water partition coefficient (Wildman–Crippen LogP) is 4.30. The van der Waals surface area contributed by atoms with E-state index < -0.39 is 23.5 Å².